The summed E-state index contributed by atoms with van der Waals surface area (Å²) in [6.07, 6.45) is 3.12. The zero-order chi connectivity index (χ0) is 12.0. The number of aryl methyl sites for hydroxylation is 1. The van der Waals surface area contributed by atoms with E-state index in [-0.39, 0.29) is 5.97 Å². The quantitative estimate of drug-likeness (QED) is 0.560. The van der Waals surface area contributed by atoms with Crippen molar-refractivity contribution < 1.29 is 9.53 Å². The zero-order valence-corrected chi connectivity index (χ0v) is 9.06. The molecule has 0 aliphatic heterocycles. The number of hydrogen-bond donors (Lipinski definition) is 1. The van der Waals surface area contributed by atoms with E-state index in [1.54, 1.807) is 0 Å². The van der Waals surface area contributed by atoms with Crippen LogP contribution in [0.25, 0.3) is 0 Å². The summed E-state index contributed by atoms with van der Waals surface area (Å²) in [5.41, 5.74) is -0.832. The fourth-order valence-corrected chi connectivity index (χ4v) is 1.27. The van der Waals surface area contributed by atoms with Crippen molar-refractivity contribution in [2.75, 3.05) is 7.11 Å². The third-order valence-corrected chi connectivity index (χ3v) is 2.15. The van der Waals surface area contributed by atoms with Crippen molar-refractivity contribution in [2.24, 2.45) is 0 Å². The lowest BCUT2D eigenvalue weighted by Crippen LogP contribution is -2.28. The molecule has 0 aliphatic carbocycles. The Morgan fingerprint density at radius 1 is 1.44 bits per heavy atom. The van der Waals surface area contributed by atoms with E-state index in [1.165, 1.54) is 23.9 Å². The van der Waals surface area contributed by atoms with Gasteiger partial charge in [-0.15, -0.1) is 0 Å². The second-order valence-corrected chi connectivity index (χ2v) is 3.34. The summed E-state index contributed by atoms with van der Waals surface area (Å²) < 4.78 is 5.89. The minimum Gasteiger partial charge on any atom is -0.469 e. The first-order valence-corrected chi connectivity index (χ1v) is 5.00. The monoisotopic (exact) mass is 226 g/mol. The van der Waals surface area contributed by atoms with Crippen LogP contribution in [0.2, 0.25) is 0 Å². The number of carbonyl (C=O) groups excluding carboxylic acids is 1. The Kier molecular flexibility index (Phi) is 4.50. The maximum atomic E-state index is 11.2. The van der Waals surface area contributed by atoms with E-state index in [2.05, 4.69) is 9.72 Å². The van der Waals surface area contributed by atoms with Gasteiger partial charge in [-0.25, -0.2) is 4.79 Å². The molecule has 0 atom stereocenters. The van der Waals surface area contributed by atoms with Gasteiger partial charge in [0.15, 0.2) is 0 Å². The summed E-state index contributed by atoms with van der Waals surface area (Å²) in [6, 6.07) is 1.29. The van der Waals surface area contributed by atoms with Gasteiger partial charge >= 0.3 is 11.7 Å². The van der Waals surface area contributed by atoms with Crippen LogP contribution in [0.5, 0.6) is 0 Å². The fourth-order valence-electron chi connectivity index (χ4n) is 1.27. The van der Waals surface area contributed by atoms with Gasteiger partial charge < -0.3 is 9.30 Å². The van der Waals surface area contributed by atoms with Crippen molar-refractivity contribution in [1.82, 2.24) is 9.55 Å². The normalized spacial score (nSPS) is 10.1. The average Bonchev–Trinajstić information content (AvgIpc) is 2.26. The highest BCUT2D eigenvalue weighted by Gasteiger charge is 2.00. The smallest absolute Gasteiger partial charge is 0.328 e. The highest BCUT2D eigenvalue weighted by molar-refractivity contribution is 5.68. The number of aromatic nitrogens is 2. The molecule has 1 aromatic rings. The molecule has 16 heavy (non-hydrogen) atoms. The molecule has 1 rings (SSSR count). The molecule has 0 fully saturated rings. The first kappa shape index (κ1) is 12.2. The lowest BCUT2D eigenvalue weighted by Gasteiger charge is -2.03. The zero-order valence-electron chi connectivity index (χ0n) is 9.06. The second-order valence-electron chi connectivity index (χ2n) is 3.34. The van der Waals surface area contributed by atoms with Gasteiger partial charge in [-0.3, -0.25) is 14.6 Å². The van der Waals surface area contributed by atoms with Crippen molar-refractivity contribution in [3.8, 4) is 0 Å². The molecular formula is C10H14N2O4. The molecule has 0 radical (unpaired) electrons. The molecule has 88 valence electrons. The van der Waals surface area contributed by atoms with Gasteiger partial charge in [0.2, 0.25) is 0 Å². The number of aromatic amines is 1. The second kappa shape index (κ2) is 5.89. The minimum absolute atomic E-state index is 0.256. The van der Waals surface area contributed by atoms with E-state index in [9.17, 15) is 14.4 Å². The van der Waals surface area contributed by atoms with Crippen LogP contribution >= 0.6 is 0 Å². The molecule has 0 unspecified atom stereocenters. The van der Waals surface area contributed by atoms with Crippen molar-refractivity contribution in [3.05, 3.63) is 33.1 Å². The number of ether oxygens (including phenoxy) is 1. The maximum Gasteiger partial charge on any atom is 0.328 e. The van der Waals surface area contributed by atoms with Crippen molar-refractivity contribution >= 4 is 5.97 Å². The molecule has 6 nitrogen and oxygen atoms in total. The van der Waals surface area contributed by atoms with E-state index < -0.39 is 11.2 Å². The summed E-state index contributed by atoms with van der Waals surface area (Å²) in [4.78, 5) is 35.0. The number of rotatable bonds is 5. The largest absolute Gasteiger partial charge is 0.469 e. The number of H-pyrrole nitrogens is 1. The molecule has 0 spiro atoms. The van der Waals surface area contributed by atoms with Crippen LogP contribution in [0.1, 0.15) is 19.3 Å². The third-order valence-electron chi connectivity index (χ3n) is 2.15. The molecule has 0 aromatic carbocycles. The van der Waals surface area contributed by atoms with Crippen LogP contribution < -0.4 is 11.2 Å². The van der Waals surface area contributed by atoms with Crippen LogP contribution in [0.15, 0.2) is 21.9 Å². The van der Waals surface area contributed by atoms with E-state index in [4.69, 9.17) is 0 Å². The molecule has 1 N–H and O–H groups in total. The van der Waals surface area contributed by atoms with E-state index in [0.717, 1.165) is 0 Å². The van der Waals surface area contributed by atoms with Crippen LogP contribution in [-0.2, 0) is 16.1 Å². The topological polar surface area (TPSA) is 81.2 Å². The van der Waals surface area contributed by atoms with E-state index in [0.29, 0.717) is 25.8 Å². The van der Waals surface area contributed by atoms with Gasteiger partial charge in [-0.05, 0) is 12.8 Å². The van der Waals surface area contributed by atoms with Crippen molar-refractivity contribution in [1.29, 1.82) is 0 Å². The molecule has 1 heterocycles. The molecule has 0 bridgehead atoms. The minimum atomic E-state index is -0.425. The number of esters is 1. The molecule has 6 heteroatoms. The standard InChI is InChI=1S/C10H14N2O4/c1-16-9(14)4-2-3-6-12-7-5-8(13)11-10(12)15/h5,7H,2-4,6H2,1H3,(H,11,13,15). The van der Waals surface area contributed by atoms with Crippen molar-refractivity contribution in [2.45, 2.75) is 25.8 Å². The number of carbonyl (C=O) groups is 1. The van der Waals surface area contributed by atoms with Gasteiger partial charge in [0.05, 0.1) is 7.11 Å². The Bertz CT molecular complexity index is 460. The average molecular weight is 226 g/mol. The summed E-state index contributed by atoms with van der Waals surface area (Å²) >= 11 is 0. The number of nitrogens with zero attached hydrogens (tertiary/aromatic N) is 1. The molecule has 0 saturated heterocycles. The molecule has 0 aliphatic rings. The maximum absolute atomic E-state index is 11.2. The summed E-state index contributed by atoms with van der Waals surface area (Å²) in [5.74, 6) is -0.256. The predicted octanol–water partition coefficient (Wildman–Crippen LogP) is -0.120. The van der Waals surface area contributed by atoms with Crippen LogP contribution in [0.4, 0.5) is 0 Å². The molecule has 1 aromatic heterocycles. The number of methoxy groups -OCH3 is 1. The number of unbranched alkanes of at least 4 members (excludes halogenated alkanes) is 1. The lowest BCUT2D eigenvalue weighted by molar-refractivity contribution is -0.140. The van der Waals surface area contributed by atoms with Crippen LogP contribution in [-0.4, -0.2) is 22.6 Å². The number of hydrogen-bond acceptors (Lipinski definition) is 4. The van der Waals surface area contributed by atoms with Gasteiger partial charge in [0.1, 0.15) is 0 Å². The Morgan fingerprint density at radius 3 is 2.81 bits per heavy atom. The van der Waals surface area contributed by atoms with Gasteiger partial charge in [0, 0.05) is 25.2 Å². The predicted molar refractivity (Wildman–Crippen MR) is 57.2 cm³/mol. The fraction of sp³-hybridized carbons (Fsp3) is 0.500. The molecule has 0 saturated carbocycles. The highest BCUT2D eigenvalue weighted by atomic mass is 16.5. The summed E-state index contributed by atoms with van der Waals surface area (Å²) in [7, 11) is 1.34. The van der Waals surface area contributed by atoms with Crippen LogP contribution in [0, 0.1) is 0 Å². The number of nitrogens with one attached hydrogen (secondary N) is 1. The van der Waals surface area contributed by atoms with E-state index in [1.807, 2.05) is 0 Å². The Balaban J connectivity index is 2.41. The SMILES string of the molecule is COC(=O)CCCCn1ccc(=O)[nH]c1=O. The Labute approximate surface area is 91.9 Å². The summed E-state index contributed by atoms with van der Waals surface area (Å²) in [6.45, 7) is 0.479. The van der Waals surface area contributed by atoms with Crippen molar-refractivity contribution in [3.63, 3.8) is 0 Å². The van der Waals surface area contributed by atoms with Gasteiger partial charge in [-0.1, -0.05) is 0 Å². The molecule has 0 amide bonds. The summed E-state index contributed by atoms with van der Waals surface area (Å²) in [5, 5.41) is 0. The lowest BCUT2D eigenvalue weighted by atomic mass is 10.2. The first-order chi connectivity index (χ1) is 7.63. The van der Waals surface area contributed by atoms with Crippen LogP contribution in [0.3, 0.4) is 0 Å². The third kappa shape index (κ3) is 3.72. The van der Waals surface area contributed by atoms with E-state index >= 15 is 0 Å². The molecular weight excluding hydrogens is 212 g/mol. The van der Waals surface area contributed by atoms with Gasteiger partial charge in [-0.2, -0.15) is 0 Å². The first-order valence-electron chi connectivity index (χ1n) is 5.00. The highest BCUT2D eigenvalue weighted by Crippen LogP contribution is 1.98. The Morgan fingerprint density at radius 2 is 2.19 bits per heavy atom. The van der Waals surface area contributed by atoms with Gasteiger partial charge in [0.25, 0.3) is 5.56 Å². The Hall–Kier alpha value is -1.85.